The van der Waals surface area contributed by atoms with Gasteiger partial charge in [-0.05, 0) is 30.7 Å². The lowest BCUT2D eigenvalue weighted by molar-refractivity contribution is -0.682. The van der Waals surface area contributed by atoms with Gasteiger partial charge in [-0.1, -0.05) is 53.5 Å². The van der Waals surface area contributed by atoms with E-state index in [1.165, 1.54) is 0 Å². The number of hydrogen-bond acceptors (Lipinski definition) is 1. The number of nitrogens with two attached hydrogens (primary N) is 1. The maximum atomic E-state index is 11.9. The molecule has 2 rings (SSSR count). The molecule has 0 bridgehead atoms. The second-order valence-electron chi connectivity index (χ2n) is 5.15. The Bertz CT molecular complexity index is 646. The molecule has 0 saturated carbocycles. The van der Waals surface area contributed by atoms with Crippen molar-refractivity contribution in [2.45, 2.75) is 19.5 Å². The molecule has 0 aromatic heterocycles. The first kappa shape index (κ1) is 16.8. The molecule has 5 heteroatoms. The molecular weight excluding hydrogens is 319 g/mol. The van der Waals surface area contributed by atoms with Crippen LogP contribution in [-0.4, -0.2) is 12.5 Å². The van der Waals surface area contributed by atoms with Gasteiger partial charge in [-0.25, -0.2) is 0 Å². The van der Waals surface area contributed by atoms with Gasteiger partial charge in [-0.15, -0.1) is 0 Å². The predicted molar refractivity (Wildman–Crippen MR) is 90.0 cm³/mol. The Labute approximate surface area is 140 Å². The van der Waals surface area contributed by atoms with Gasteiger partial charge >= 0.3 is 0 Å². The van der Waals surface area contributed by atoms with E-state index in [0.29, 0.717) is 23.1 Å². The van der Waals surface area contributed by atoms with E-state index in [9.17, 15) is 4.79 Å². The van der Waals surface area contributed by atoms with Crippen LogP contribution < -0.4 is 10.6 Å². The molecule has 0 unspecified atom stereocenters. The molecule has 116 valence electrons. The summed E-state index contributed by atoms with van der Waals surface area (Å²) in [7, 11) is 0. The summed E-state index contributed by atoms with van der Waals surface area (Å²) in [4.78, 5) is 11.9. The molecule has 0 radical (unpaired) electrons. The van der Waals surface area contributed by atoms with Crippen LogP contribution in [0.1, 0.15) is 24.1 Å². The Balaban J connectivity index is 1.79. The molecule has 2 aromatic carbocycles. The fourth-order valence-corrected chi connectivity index (χ4v) is 2.52. The SMILES string of the molecule is C[C@@H]([NH2+]CC(=O)NCc1ccccc1Cl)c1cccc(Cl)c1. The van der Waals surface area contributed by atoms with Gasteiger partial charge in [-0.3, -0.25) is 4.79 Å². The number of hydrogen-bond donors (Lipinski definition) is 2. The van der Waals surface area contributed by atoms with Crippen LogP contribution in [0.3, 0.4) is 0 Å². The normalized spacial score (nSPS) is 12.0. The molecule has 0 spiro atoms. The van der Waals surface area contributed by atoms with Crippen LogP contribution in [0, 0.1) is 0 Å². The molecule has 22 heavy (non-hydrogen) atoms. The third-order valence-electron chi connectivity index (χ3n) is 3.47. The smallest absolute Gasteiger partial charge is 0.275 e. The second kappa shape index (κ2) is 8.18. The van der Waals surface area contributed by atoms with Crippen LogP contribution in [0.25, 0.3) is 0 Å². The summed E-state index contributed by atoms with van der Waals surface area (Å²) in [5, 5.41) is 6.23. The third-order valence-corrected chi connectivity index (χ3v) is 4.07. The second-order valence-corrected chi connectivity index (χ2v) is 6.00. The summed E-state index contributed by atoms with van der Waals surface area (Å²) < 4.78 is 0. The van der Waals surface area contributed by atoms with Gasteiger partial charge in [-0.2, -0.15) is 0 Å². The molecule has 0 saturated heterocycles. The zero-order valence-electron chi connectivity index (χ0n) is 12.4. The summed E-state index contributed by atoms with van der Waals surface area (Å²) in [6.45, 7) is 2.85. The lowest BCUT2D eigenvalue weighted by Gasteiger charge is -2.12. The van der Waals surface area contributed by atoms with Crippen LogP contribution in [0.5, 0.6) is 0 Å². The molecular formula is C17H19Cl2N2O+. The van der Waals surface area contributed by atoms with Crippen molar-refractivity contribution >= 4 is 29.1 Å². The van der Waals surface area contributed by atoms with Crippen LogP contribution >= 0.6 is 23.2 Å². The number of carbonyl (C=O) groups excluding carboxylic acids is 1. The number of carbonyl (C=O) groups is 1. The van der Waals surface area contributed by atoms with Crippen molar-refractivity contribution in [3.8, 4) is 0 Å². The largest absolute Gasteiger partial charge is 0.347 e. The molecule has 3 N–H and O–H groups in total. The number of amides is 1. The van der Waals surface area contributed by atoms with Crippen LogP contribution in [0.15, 0.2) is 48.5 Å². The average Bonchev–Trinajstić information content (AvgIpc) is 2.52. The zero-order valence-corrected chi connectivity index (χ0v) is 13.9. The van der Waals surface area contributed by atoms with E-state index in [0.717, 1.165) is 11.1 Å². The minimum Gasteiger partial charge on any atom is -0.347 e. The first-order valence-corrected chi connectivity index (χ1v) is 7.91. The van der Waals surface area contributed by atoms with E-state index < -0.39 is 0 Å². The van der Waals surface area contributed by atoms with Gasteiger partial charge in [0.25, 0.3) is 5.91 Å². The van der Waals surface area contributed by atoms with E-state index in [4.69, 9.17) is 23.2 Å². The Kier molecular flexibility index (Phi) is 6.25. The van der Waals surface area contributed by atoms with Crippen molar-refractivity contribution in [1.82, 2.24) is 5.32 Å². The first-order chi connectivity index (χ1) is 10.6. The van der Waals surface area contributed by atoms with Gasteiger partial charge in [0.2, 0.25) is 0 Å². The number of halogens is 2. The summed E-state index contributed by atoms with van der Waals surface area (Å²) in [6.07, 6.45) is 0. The molecule has 1 atom stereocenters. The molecule has 3 nitrogen and oxygen atoms in total. The van der Waals surface area contributed by atoms with Gasteiger partial charge in [0.15, 0.2) is 6.54 Å². The minimum atomic E-state index is -0.0196. The fraction of sp³-hybridized carbons (Fsp3) is 0.235. The lowest BCUT2D eigenvalue weighted by Crippen LogP contribution is -2.87. The van der Waals surface area contributed by atoms with Crippen molar-refractivity contribution < 1.29 is 10.1 Å². The predicted octanol–water partition coefficient (Wildman–Crippen LogP) is 2.93. The summed E-state index contributed by atoms with van der Waals surface area (Å²) in [5.74, 6) is -0.0196. The molecule has 0 fully saturated rings. The highest BCUT2D eigenvalue weighted by atomic mass is 35.5. The first-order valence-electron chi connectivity index (χ1n) is 7.15. The van der Waals surface area contributed by atoms with E-state index in [2.05, 4.69) is 5.32 Å². The molecule has 1 amide bonds. The van der Waals surface area contributed by atoms with Crippen LogP contribution in [0.4, 0.5) is 0 Å². The van der Waals surface area contributed by atoms with Crippen molar-refractivity contribution in [1.29, 1.82) is 0 Å². The van der Waals surface area contributed by atoms with Gasteiger partial charge < -0.3 is 10.6 Å². The standard InChI is InChI=1S/C17H18Cl2N2O/c1-12(13-6-4-7-15(18)9-13)20-11-17(22)21-10-14-5-2-3-8-16(14)19/h2-9,12,20H,10-11H2,1H3,(H,21,22)/p+1/t12-/m1/s1. The molecule has 0 aliphatic heterocycles. The molecule has 0 heterocycles. The van der Waals surface area contributed by atoms with Crippen LogP contribution in [0.2, 0.25) is 10.0 Å². The highest BCUT2D eigenvalue weighted by molar-refractivity contribution is 6.31. The van der Waals surface area contributed by atoms with E-state index in [-0.39, 0.29) is 11.9 Å². The quantitative estimate of drug-likeness (QED) is 0.836. The molecule has 0 aliphatic rings. The highest BCUT2D eigenvalue weighted by Crippen LogP contribution is 2.15. The highest BCUT2D eigenvalue weighted by Gasteiger charge is 2.12. The number of nitrogens with one attached hydrogen (secondary N) is 1. The Morgan fingerprint density at radius 1 is 1.18 bits per heavy atom. The molecule has 0 aliphatic carbocycles. The maximum Gasteiger partial charge on any atom is 0.275 e. The Hall–Kier alpha value is -1.55. The average molecular weight is 338 g/mol. The van der Waals surface area contributed by atoms with Gasteiger partial charge in [0.1, 0.15) is 6.04 Å². The lowest BCUT2D eigenvalue weighted by atomic mass is 10.1. The Morgan fingerprint density at radius 2 is 1.95 bits per heavy atom. The van der Waals surface area contributed by atoms with E-state index in [1.807, 2.05) is 60.8 Å². The zero-order chi connectivity index (χ0) is 15.9. The Morgan fingerprint density at radius 3 is 2.68 bits per heavy atom. The van der Waals surface area contributed by atoms with Crippen molar-refractivity contribution in [3.63, 3.8) is 0 Å². The van der Waals surface area contributed by atoms with Gasteiger partial charge in [0.05, 0.1) is 0 Å². The van der Waals surface area contributed by atoms with E-state index in [1.54, 1.807) is 0 Å². The maximum absolute atomic E-state index is 11.9. The summed E-state index contributed by atoms with van der Waals surface area (Å²) >= 11 is 12.0. The third kappa shape index (κ3) is 5.02. The number of benzene rings is 2. The van der Waals surface area contributed by atoms with Crippen molar-refractivity contribution in [2.75, 3.05) is 6.54 Å². The van der Waals surface area contributed by atoms with E-state index >= 15 is 0 Å². The minimum absolute atomic E-state index is 0.0196. The summed E-state index contributed by atoms with van der Waals surface area (Å²) in [5.41, 5.74) is 2.02. The van der Waals surface area contributed by atoms with Crippen molar-refractivity contribution in [2.24, 2.45) is 0 Å². The topological polar surface area (TPSA) is 45.7 Å². The molecule has 2 aromatic rings. The monoisotopic (exact) mass is 337 g/mol. The van der Waals surface area contributed by atoms with Crippen LogP contribution in [-0.2, 0) is 11.3 Å². The van der Waals surface area contributed by atoms with Gasteiger partial charge in [0, 0.05) is 22.2 Å². The number of quaternary nitrogens is 1. The van der Waals surface area contributed by atoms with Crippen molar-refractivity contribution in [3.05, 3.63) is 69.7 Å². The fourth-order valence-electron chi connectivity index (χ4n) is 2.12. The number of rotatable bonds is 6. The summed E-state index contributed by atoms with van der Waals surface area (Å²) in [6, 6.07) is 15.4.